The number of carbonyl (C=O) groups excluding carboxylic acids is 1. The normalized spacial score (nSPS) is 18.4. The lowest BCUT2D eigenvalue weighted by Crippen LogP contribution is -2.42. The van der Waals surface area contributed by atoms with Crippen LogP contribution >= 0.6 is 15.9 Å². The van der Waals surface area contributed by atoms with Crippen LogP contribution in [0, 0.1) is 5.82 Å². The third-order valence-electron chi connectivity index (χ3n) is 2.97. The maximum atomic E-state index is 13.5. The summed E-state index contributed by atoms with van der Waals surface area (Å²) in [7, 11) is 0. The average Bonchev–Trinajstić information content (AvgIpc) is 2.83. The number of aliphatic carboxylic acids is 1. The number of benzene rings is 1. The van der Waals surface area contributed by atoms with E-state index < -0.39 is 23.9 Å². The lowest BCUT2D eigenvalue weighted by Gasteiger charge is -2.22. The van der Waals surface area contributed by atoms with E-state index in [1.54, 1.807) is 0 Å². The van der Waals surface area contributed by atoms with Crippen molar-refractivity contribution in [2.24, 2.45) is 0 Å². The highest BCUT2D eigenvalue weighted by atomic mass is 79.9. The molecule has 0 saturated carbocycles. The van der Waals surface area contributed by atoms with Crippen molar-refractivity contribution in [2.75, 3.05) is 11.9 Å². The van der Waals surface area contributed by atoms with Crippen LogP contribution in [0.25, 0.3) is 0 Å². The molecule has 0 bridgehead atoms. The van der Waals surface area contributed by atoms with Crippen molar-refractivity contribution < 1.29 is 19.1 Å². The molecule has 2 amide bonds. The Morgan fingerprint density at radius 1 is 1.47 bits per heavy atom. The van der Waals surface area contributed by atoms with Crippen LogP contribution in [-0.2, 0) is 4.79 Å². The Hall–Kier alpha value is -1.63. The molecular formula is C12H12BrFN2O3. The van der Waals surface area contributed by atoms with Crippen LogP contribution in [0.5, 0.6) is 0 Å². The fourth-order valence-corrected chi connectivity index (χ4v) is 2.41. The molecule has 1 heterocycles. The van der Waals surface area contributed by atoms with Crippen LogP contribution in [0.1, 0.15) is 12.8 Å². The number of anilines is 1. The van der Waals surface area contributed by atoms with Gasteiger partial charge < -0.3 is 15.3 Å². The van der Waals surface area contributed by atoms with Gasteiger partial charge in [0.15, 0.2) is 0 Å². The number of carbonyl (C=O) groups is 2. The lowest BCUT2D eigenvalue weighted by atomic mass is 10.2. The van der Waals surface area contributed by atoms with Gasteiger partial charge in [0.2, 0.25) is 0 Å². The van der Waals surface area contributed by atoms with Gasteiger partial charge in [0, 0.05) is 11.0 Å². The fourth-order valence-electron chi connectivity index (χ4n) is 2.05. The number of halogens is 2. The molecule has 1 aromatic rings. The van der Waals surface area contributed by atoms with E-state index in [9.17, 15) is 14.0 Å². The summed E-state index contributed by atoms with van der Waals surface area (Å²) in [5.41, 5.74) is 0.0235. The van der Waals surface area contributed by atoms with E-state index in [4.69, 9.17) is 5.11 Å². The average molecular weight is 331 g/mol. The zero-order valence-electron chi connectivity index (χ0n) is 9.90. The molecule has 0 aromatic heterocycles. The summed E-state index contributed by atoms with van der Waals surface area (Å²) in [6.45, 7) is 0.360. The number of carboxylic acids is 1. The van der Waals surface area contributed by atoms with Crippen molar-refractivity contribution in [3.8, 4) is 0 Å². The van der Waals surface area contributed by atoms with Gasteiger partial charge >= 0.3 is 12.0 Å². The second kappa shape index (κ2) is 5.56. The zero-order chi connectivity index (χ0) is 14.0. The number of amides is 2. The van der Waals surface area contributed by atoms with Gasteiger partial charge in [-0.2, -0.15) is 0 Å². The highest BCUT2D eigenvalue weighted by Gasteiger charge is 2.34. The Labute approximate surface area is 117 Å². The summed E-state index contributed by atoms with van der Waals surface area (Å²) < 4.78 is 14.1. The summed E-state index contributed by atoms with van der Waals surface area (Å²) in [6.07, 6.45) is 1.05. The molecule has 1 saturated heterocycles. The minimum Gasteiger partial charge on any atom is -0.480 e. The largest absolute Gasteiger partial charge is 0.480 e. The van der Waals surface area contributed by atoms with Gasteiger partial charge in [-0.3, -0.25) is 0 Å². The van der Waals surface area contributed by atoms with Gasteiger partial charge in [-0.1, -0.05) is 15.9 Å². The van der Waals surface area contributed by atoms with E-state index >= 15 is 0 Å². The van der Waals surface area contributed by atoms with E-state index in [0.29, 0.717) is 23.9 Å². The molecule has 102 valence electrons. The van der Waals surface area contributed by atoms with Crippen molar-refractivity contribution in [3.05, 3.63) is 28.5 Å². The summed E-state index contributed by atoms with van der Waals surface area (Å²) in [5, 5.41) is 11.4. The maximum absolute atomic E-state index is 13.5. The summed E-state index contributed by atoms with van der Waals surface area (Å²) in [6, 6.07) is 2.73. The molecule has 0 spiro atoms. The minimum atomic E-state index is -1.04. The van der Waals surface area contributed by atoms with Crippen LogP contribution in [0.3, 0.4) is 0 Å². The Balaban J connectivity index is 2.12. The molecule has 7 heteroatoms. The Morgan fingerprint density at radius 2 is 2.21 bits per heavy atom. The summed E-state index contributed by atoms with van der Waals surface area (Å²) >= 11 is 3.18. The number of nitrogens with one attached hydrogen (secondary N) is 1. The van der Waals surface area contributed by atoms with Gasteiger partial charge in [-0.25, -0.2) is 14.0 Å². The van der Waals surface area contributed by atoms with Gasteiger partial charge in [-0.05, 0) is 31.0 Å². The summed E-state index contributed by atoms with van der Waals surface area (Å²) in [5.74, 6) is -1.61. The van der Waals surface area contributed by atoms with Crippen LogP contribution in [0.15, 0.2) is 22.7 Å². The van der Waals surface area contributed by atoms with E-state index in [2.05, 4.69) is 21.2 Å². The molecule has 2 N–H and O–H groups in total. The molecule has 0 unspecified atom stereocenters. The van der Waals surface area contributed by atoms with Gasteiger partial charge in [-0.15, -0.1) is 0 Å². The monoisotopic (exact) mass is 330 g/mol. The van der Waals surface area contributed by atoms with Gasteiger partial charge in [0.05, 0.1) is 5.69 Å². The number of nitrogens with zero attached hydrogens (tertiary/aromatic N) is 1. The van der Waals surface area contributed by atoms with Crippen molar-refractivity contribution in [1.82, 2.24) is 4.90 Å². The first kappa shape index (κ1) is 13.8. The second-order valence-corrected chi connectivity index (χ2v) is 5.16. The molecule has 0 radical (unpaired) electrons. The highest BCUT2D eigenvalue weighted by molar-refractivity contribution is 9.10. The van der Waals surface area contributed by atoms with Crippen molar-refractivity contribution in [3.63, 3.8) is 0 Å². The number of hydrogen-bond donors (Lipinski definition) is 2. The van der Waals surface area contributed by atoms with Gasteiger partial charge in [0.1, 0.15) is 11.9 Å². The molecule has 1 aliphatic heterocycles. The standard InChI is InChI=1S/C12H12BrFN2O3/c13-7-3-4-8(14)9(6-7)15-12(19)16-5-1-2-10(16)11(17)18/h3-4,6,10H,1-2,5H2,(H,15,19)(H,17,18)/t10-/m1/s1. The van der Waals surface area contributed by atoms with E-state index in [0.717, 1.165) is 0 Å². The highest BCUT2D eigenvalue weighted by Crippen LogP contribution is 2.23. The molecule has 1 fully saturated rings. The Morgan fingerprint density at radius 3 is 2.89 bits per heavy atom. The third-order valence-corrected chi connectivity index (χ3v) is 3.46. The van der Waals surface area contributed by atoms with E-state index in [1.807, 2.05) is 0 Å². The predicted molar refractivity (Wildman–Crippen MR) is 70.5 cm³/mol. The van der Waals surface area contributed by atoms with Gasteiger partial charge in [0.25, 0.3) is 0 Å². The number of likely N-dealkylation sites (tertiary alicyclic amines) is 1. The first-order valence-electron chi connectivity index (χ1n) is 5.74. The van der Waals surface area contributed by atoms with Crippen molar-refractivity contribution >= 4 is 33.6 Å². The van der Waals surface area contributed by atoms with Crippen molar-refractivity contribution in [1.29, 1.82) is 0 Å². The molecule has 19 heavy (non-hydrogen) atoms. The van der Waals surface area contributed by atoms with E-state index in [1.165, 1.54) is 23.1 Å². The molecule has 5 nitrogen and oxygen atoms in total. The minimum absolute atomic E-state index is 0.0235. The van der Waals surface area contributed by atoms with Crippen LogP contribution < -0.4 is 5.32 Å². The fraction of sp³-hybridized carbons (Fsp3) is 0.333. The summed E-state index contributed by atoms with van der Waals surface area (Å²) in [4.78, 5) is 24.2. The second-order valence-electron chi connectivity index (χ2n) is 4.24. The topological polar surface area (TPSA) is 69.6 Å². The van der Waals surface area contributed by atoms with Crippen LogP contribution in [0.2, 0.25) is 0 Å². The molecule has 2 rings (SSSR count). The van der Waals surface area contributed by atoms with E-state index in [-0.39, 0.29) is 5.69 Å². The molecule has 1 atom stereocenters. The smallest absolute Gasteiger partial charge is 0.326 e. The first-order valence-corrected chi connectivity index (χ1v) is 6.54. The third kappa shape index (κ3) is 3.04. The SMILES string of the molecule is O=C(O)[C@H]1CCCN1C(=O)Nc1cc(Br)ccc1F. The Bertz CT molecular complexity index is 524. The number of carboxylic acid groups (broad SMARTS) is 1. The molecular weight excluding hydrogens is 319 g/mol. The zero-order valence-corrected chi connectivity index (χ0v) is 11.5. The lowest BCUT2D eigenvalue weighted by molar-refractivity contribution is -0.141. The predicted octanol–water partition coefficient (Wildman–Crippen LogP) is 2.67. The molecule has 0 aliphatic carbocycles. The Kier molecular flexibility index (Phi) is 4.04. The first-order chi connectivity index (χ1) is 8.99. The van der Waals surface area contributed by atoms with Crippen molar-refractivity contribution in [2.45, 2.75) is 18.9 Å². The number of hydrogen-bond acceptors (Lipinski definition) is 2. The maximum Gasteiger partial charge on any atom is 0.326 e. The van der Waals surface area contributed by atoms with Crippen LogP contribution in [-0.4, -0.2) is 34.6 Å². The molecule has 1 aromatic carbocycles. The number of rotatable bonds is 2. The van der Waals surface area contributed by atoms with Crippen LogP contribution in [0.4, 0.5) is 14.9 Å². The molecule has 1 aliphatic rings. The number of urea groups is 1. The quantitative estimate of drug-likeness (QED) is 0.875.